The van der Waals surface area contributed by atoms with Gasteiger partial charge in [0, 0.05) is 5.38 Å². The van der Waals surface area contributed by atoms with Crippen molar-refractivity contribution in [2.75, 3.05) is 0 Å². The Bertz CT molecular complexity index is 136. The first kappa shape index (κ1) is 7.91. The van der Waals surface area contributed by atoms with Crippen molar-refractivity contribution >= 4 is 11.6 Å². The van der Waals surface area contributed by atoms with Gasteiger partial charge >= 0.3 is 0 Å². The van der Waals surface area contributed by atoms with E-state index < -0.39 is 0 Å². The number of hydrogen-bond acceptors (Lipinski definition) is 0. The van der Waals surface area contributed by atoms with Crippen molar-refractivity contribution in [2.24, 2.45) is 5.41 Å². The molecule has 0 nitrogen and oxygen atoms in total. The maximum absolute atomic E-state index is 6.35. The van der Waals surface area contributed by atoms with E-state index in [0.717, 1.165) is 0 Å². The highest BCUT2D eigenvalue weighted by Gasteiger charge is 2.41. The van der Waals surface area contributed by atoms with Gasteiger partial charge in [-0.2, -0.15) is 0 Å². The Morgan fingerprint density at radius 3 is 2.09 bits per heavy atom. The monoisotopic (exact) mass is 172 g/mol. The van der Waals surface area contributed by atoms with E-state index in [9.17, 15) is 0 Å². The molecule has 1 spiro atoms. The zero-order valence-electron chi connectivity index (χ0n) is 7.11. The third kappa shape index (κ3) is 1.30. The second kappa shape index (κ2) is 2.97. The van der Waals surface area contributed by atoms with E-state index in [1.54, 1.807) is 0 Å². The lowest BCUT2D eigenvalue weighted by atomic mass is 9.73. The highest BCUT2D eigenvalue weighted by Crippen LogP contribution is 2.51. The van der Waals surface area contributed by atoms with Gasteiger partial charge in [0.2, 0.25) is 0 Å². The summed E-state index contributed by atoms with van der Waals surface area (Å²) in [6.07, 6.45) is 11.2. The fourth-order valence-electron chi connectivity index (χ4n) is 2.92. The van der Waals surface area contributed by atoms with Crippen molar-refractivity contribution in [1.82, 2.24) is 0 Å². The molecule has 0 N–H and O–H groups in total. The quantitative estimate of drug-likeness (QED) is 0.489. The third-order valence-electron chi connectivity index (χ3n) is 3.65. The summed E-state index contributed by atoms with van der Waals surface area (Å²) in [5.74, 6) is 0. The SMILES string of the molecule is ClC1CCCC12CCCCC2. The smallest absolute Gasteiger partial charge is 0.0392 e. The first-order valence-corrected chi connectivity index (χ1v) is 5.41. The lowest BCUT2D eigenvalue weighted by Crippen LogP contribution is -2.28. The molecule has 2 rings (SSSR count). The predicted molar refractivity (Wildman–Crippen MR) is 49.0 cm³/mol. The molecule has 2 saturated carbocycles. The van der Waals surface area contributed by atoms with E-state index in [4.69, 9.17) is 11.6 Å². The van der Waals surface area contributed by atoms with E-state index in [-0.39, 0.29) is 0 Å². The van der Waals surface area contributed by atoms with Gasteiger partial charge in [-0.1, -0.05) is 25.7 Å². The van der Waals surface area contributed by atoms with Gasteiger partial charge in [-0.3, -0.25) is 0 Å². The summed E-state index contributed by atoms with van der Waals surface area (Å²) in [5, 5.41) is 0.516. The Hall–Kier alpha value is 0.290. The molecule has 64 valence electrons. The zero-order chi connectivity index (χ0) is 7.73. The number of alkyl halides is 1. The molecule has 0 aliphatic heterocycles. The zero-order valence-corrected chi connectivity index (χ0v) is 7.87. The van der Waals surface area contributed by atoms with Crippen molar-refractivity contribution in [2.45, 2.75) is 56.7 Å². The Morgan fingerprint density at radius 1 is 0.909 bits per heavy atom. The molecule has 0 aromatic heterocycles. The summed E-state index contributed by atoms with van der Waals surface area (Å²) < 4.78 is 0. The van der Waals surface area contributed by atoms with Crippen LogP contribution >= 0.6 is 11.6 Å². The minimum Gasteiger partial charge on any atom is -0.122 e. The molecule has 0 heterocycles. The van der Waals surface area contributed by atoms with Gasteiger partial charge in [0.25, 0.3) is 0 Å². The predicted octanol–water partition coefficient (Wildman–Crippen LogP) is 3.73. The van der Waals surface area contributed by atoms with E-state index >= 15 is 0 Å². The van der Waals surface area contributed by atoms with Crippen LogP contribution in [0, 0.1) is 5.41 Å². The minimum atomic E-state index is 0.516. The van der Waals surface area contributed by atoms with Crippen LogP contribution in [0.2, 0.25) is 0 Å². The molecule has 2 aliphatic carbocycles. The molecular formula is C10H17Cl. The van der Waals surface area contributed by atoms with Crippen LogP contribution < -0.4 is 0 Å². The second-order valence-corrected chi connectivity index (χ2v) is 4.81. The number of halogens is 1. The molecule has 0 amide bonds. The van der Waals surface area contributed by atoms with E-state index in [1.165, 1.54) is 51.4 Å². The van der Waals surface area contributed by atoms with Crippen LogP contribution in [0.1, 0.15) is 51.4 Å². The fraction of sp³-hybridized carbons (Fsp3) is 1.00. The molecule has 2 aliphatic rings. The molecule has 0 aromatic carbocycles. The third-order valence-corrected chi connectivity index (χ3v) is 4.33. The summed E-state index contributed by atoms with van der Waals surface area (Å²) in [6, 6.07) is 0. The van der Waals surface area contributed by atoms with Gasteiger partial charge in [-0.25, -0.2) is 0 Å². The maximum Gasteiger partial charge on any atom is 0.0392 e. The van der Waals surface area contributed by atoms with Crippen molar-refractivity contribution in [1.29, 1.82) is 0 Å². The molecule has 2 fully saturated rings. The van der Waals surface area contributed by atoms with Crippen LogP contribution in [-0.2, 0) is 0 Å². The maximum atomic E-state index is 6.35. The van der Waals surface area contributed by atoms with E-state index in [1.807, 2.05) is 0 Å². The summed E-state index contributed by atoms with van der Waals surface area (Å²) >= 11 is 6.35. The van der Waals surface area contributed by atoms with E-state index in [2.05, 4.69) is 0 Å². The van der Waals surface area contributed by atoms with Crippen molar-refractivity contribution in [3.05, 3.63) is 0 Å². The van der Waals surface area contributed by atoms with Gasteiger partial charge in [0.05, 0.1) is 0 Å². The highest BCUT2D eigenvalue weighted by atomic mass is 35.5. The van der Waals surface area contributed by atoms with Crippen molar-refractivity contribution in [3.8, 4) is 0 Å². The summed E-state index contributed by atoms with van der Waals surface area (Å²) in [5.41, 5.74) is 0.597. The number of rotatable bonds is 0. The first-order valence-electron chi connectivity index (χ1n) is 4.98. The van der Waals surface area contributed by atoms with Gasteiger partial charge < -0.3 is 0 Å². The Balaban J connectivity index is 2.06. The lowest BCUT2D eigenvalue weighted by Gasteiger charge is -2.36. The Kier molecular flexibility index (Phi) is 2.14. The molecule has 1 atom stereocenters. The normalized spacial score (nSPS) is 36.3. The van der Waals surface area contributed by atoms with Crippen LogP contribution in [0.5, 0.6) is 0 Å². The average Bonchev–Trinajstić information content (AvgIpc) is 2.36. The Morgan fingerprint density at radius 2 is 1.55 bits per heavy atom. The van der Waals surface area contributed by atoms with Gasteiger partial charge in [-0.05, 0) is 31.1 Å². The van der Waals surface area contributed by atoms with Gasteiger partial charge in [0.1, 0.15) is 0 Å². The van der Waals surface area contributed by atoms with Crippen LogP contribution in [0.4, 0.5) is 0 Å². The van der Waals surface area contributed by atoms with Crippen LogP contribution in [0.3, 0.4) is 0 Å². The molecule has 0 saturated heterocycles. The highest BCUT2D eigenvalue weighted by molar-refractivity contribution is 6.21. The molecule has 1 unspecified atom stereocenters. The van der Waals surface area contributed by atoms with Crippen molar-refractivity contribution in [3.63, 3.8) is 0 Å². The lowest BCUT2D eigenvalue weighted by molar-refractivity contribution is 0.201. The van der Waals surface area contributed by atoms with Crippen LogP contribution in [0.25, 0.3) is 0 Å². The molecule has 0 radical (unpaired) electrons. The Labute approximate surface area is 74.3 Å². The average molecular weight is 173 g/mol. The largest absolute Gasteiger partial charge is 0.122 e. The summed E-state index contributed by atoms with van der Waals surface area (Å²) in [6.45, 7) is 0. The summed E-state index contributed by atoms with van der Waals surface area (Å²) in [7, 11) is 0. The molecule has 0 bridgehead atoms. The fourth-order valence-corrected chi connectivity index (χ4v) is 3.40. The minimum absolute atomic E-state index is 0.516. The first-order chi connectivity index (χ1) is 5.33. The van der Waals surface area contributed by atoms with Crippen LogP contribution in [-0.4, -0.2) is 5.38 Å². The number of hydrogen-bond donors (Lipinski definition) is 0. The molecule has 0 aromatic rings. The molecule has 11 heavy (non-hydrogen) atoms. The van der Waals surface area contributed by atoms with Crippen molar-refractivity contribution < 1.29 is 0 Å². The van der Waals surface area contributed by atoms with Gasteiger partial charge in [-0.15, -0.1) is 11.6 Å². The summed E-state index contributed by atoms with van der Waals surface area (Å²) in [4.78, 5) is 0. The van der Waals surface area contributed by atoms with Gasteiger partial charge in [0.15, 0.2) is 0 Å². The second-order valence-electron chi connectivity index (χ2n) is 4.28. The topological polar surface area (TPSA) is 0 Å². The molecule has 1 heteroatoms. The van der Waals surface area contributed by atoms with Crippen LogP contribution in [0.15, 0.2) is 0 Å². The van der Waals surface area contributed by atoms with E-state index in [0.29, 0.717) is 10.8 Å². The standard InChI is InChI=1S/C10H17Cl/c11-9-5-4-8-10(9)6-2-1-3-7-10/h9H,1-8H2. The molecular weight excluding hydrogens is 156 g/mol.